The van der Waals surface area contributed by atoms with Gasteiger partial charge in [-0.05, 0) is 24.6 Å². The molecule has 0 aliphatic heterocycles. The number of carbonyl (C=O) groups excluding carboxylic acids is 1. The highest BCUT2D eigenvalue weighted by molar-refractivity contribution is 7.92. The molecule has 1 amide bonds. The second kappa shape index (κ2) is 7.60. The van der Waals surface area contributed by atoms with Gasteiger partial charge in [0, 0.05) is 6.07 Å². The fourth-order valence-corrected chi connectivity index (χ4v) is 3.16. The molecule has 0 radical (unpaired) electrons. The van der Waals surface area contributed by atoms with E-state index < -0.39 is 34.1 Å². The van der Waals surface area contributed by atoms with Gasteiger partial charge in [-0.2, -0.15) is 0 Å². The molecule has 2 aromatic carbocycles. The van der Waals surface area contributed by atoms with Crippen LogP contribution in [0, 0.1) is 11.6 Å². The lowest BCUT2D eigenvalue weighted by Gasteiger charge is -2.23. The Labute approximate surface area is 145 Å². The predicted molar refractivity (Wildman–Crippen MR) is 91.5 cm³/mol. The second-order valence-electron chi connectivity index (χ2n) is 5.57. The number of nitrogens with zero attached hydrogens (tertiary/aromatic N) is 1. The van der Waals surface area contributed by atoms with E-state index in [1.165, 1.54) is 0 Å². The zero-order valence-corrected chi connectivity index (χ0v) is 14.6. The monoisotopic (exact) mass is 368 g/mol. The zero-order valence-electron chi connectivity index (χ0n) is 13.7. The molecule has 8 heteroatoms. The highest BCUT2D eigenvalue weighted by Gasteiger charge is 2.24. The van der Waals surface area contributed by atoms with Gasteiger partial charge >= 0.3 is 0 Å². The number of sulfonamides is 1. The smallest absolute Gasteiger partial charge is 0.241 e. The molecule has 5 nitrogen and oxygen atoms in total. The minimum atomic E-state index is -3.94. The predicted octanol–water partition coefficient (Wildman–Crippen LogP) is 2.61. The third-order valence-electron chi connectivity index (χ3n) is 3.54. The summed E-state index contributed by atoms with van der Waals surface area (Å²) in [6, 6.07) is 11.2. The average Bonchev–Trinajstić information content (AvgIpc) is 2.53. The molecule has 0 bridgehead atoms. The number of hydrogen-bond acceptors (Lipinski definition) is 3. The van der Waals surface area contributed by atoms with Crippen molar-refractivity contribution in [1.29, 1.82) is 0 Å². The Hall–Kier alpha value is -2.48. The summed E-state index contributed by atoms with van der Waals surface area (Å²) < 4.78 is 51.5. The van der Waals surface area contributed by atoms with Gasteiger partial charge in [0.2, 0.25) is 15.9 Å². The fraction of sp³-hybridized carbons (Fsp3) is 0.235. The van der Waals surface area contributed by atoms with Gasteiger partial charge in [0.1, 0.15) is 18.2 Å². The van der Waals surface area contributed by atoms with Gasteiger partial charge in [-0.3, -0.25) is 9.10 Å². The Morgan fingerprint density at radius 3 is 2.36 bits per heavy atom. The summed E-state index contributed by atoms with van der Waals surface area (Å²) in [5.74, 6) is -2.50. The minimum Gasteiger partial charge on any atom is -0.348 e. The number of hydrogen-bond donors (Lipinski definition) is 1. The molecule has 0 aromatic heterocycles. The SMILES string of the molecule is CC(NC(=O)CN(c1ccc(F)cc1F)S(C)(=O)=O)c1ccccc1. The Morgan fingerprint density at radius 2 is 1.80 bits per heavy atom. The topological polar surface area (TPSA) is 66.5 Å². The quantitative estimate of drug-likeness (QED) is 0.852. The Bertz CT molecular complexity index is 857. The van der Waals surface area contributed by atoms with Crippen molar-refractivity contribution in [1.82, 2.24) is 5.32 Å². The Kier molecular flexibility index (Phi) is 5.73. The first-order chi connectivity index (χ1) is 11.7. The summed E-state index contributed by atoms with van der Waals surface area (Å²) in [6.07, 6.45) is 0.851. The van der Waals surface area contributed by atoms with Gasteiger partial charge in [0.05, 0.1) is 18.0 Å². The molecule has 1 atom stereocenters. The normalized spacial score (nSPS) is 12.5. The molecule has 0 aliphatic carbocycles. The van der Waals surface area contributed by atoms with Gasteiger partial charge in [-0.25, -0.2) is 17.2 Å². The van der Waals surface area contributed by atoms with Crippen LogP contribution in [0.2, 0.25) is 0 Å². The van der Waals surface area contributed by atoms with E-state index in [0.717, 1.165) is 24.0 Å². The van der Waals surface area contributed by atoms with E-state index in [1.54, 1.807) is 6.92 Å². The summed E-state index contributed by atoms with van der Waals surface area (Å²) in [4.78, 5) is 12.2. The van der Waals surface area contributed by atoms with Crippen molar-refractivity contribution < 1.29 is 22.0 Å². The number of amides is 1. The first-order valence-electron chi connectivity index (χ1n) is 7.45. The molecular weight excluding hydrogens is 350 g/mol. The highest BCUT2D eigenvalue weighted by atomic mass is 32.2. The van der Waals surface area contributed by atoms with Crippen LogP contribution < -0.4 is 9.62 Å². The number of halogens is 2. The third kappa shape index (κ3) is 4.99. The lowest BCUT2D eigenvalue weighted by molar-refractivity contribution is -0.120. The van der Waals surface area contributed by atoms with Crippen molar-refractivity contribution in [3.05, 3.63) is 65.7 Å². The molecule has 2 aromatic rings. The first kappa shape index (κ1) is 18.9. The van der Waals surface area contributed by atoms with Crippen LogP contribution in [0.15, 0.2) is 48.5 Å². The van der Waals surface area contributed by atoms with Crippen LogP contribution in [0.1, 0.15) is 18.5 Å². The summed E-state index contributed by atoms with van der Waals surface area (Å²) in [7, 11) is -3.94. The van der Waals surface area contributed by atoms with Crippen LogP contribution in [0.4, 0.5) is 14.5 Å². The van der Waals surface area contributed by atoms with Gasteiger partial charge < -0.3 is 5.32 Å². The molecule has 0 saturated carbocycles. The van der Waals surface area contributed by atoms with E-state index in [0.29, 0.717) is 10.4 Å². The van der Waals surface area contributed by atoms with Crippen LogP contribution in [-0.4, -0.2) is 27.1 Å². The van der Waals surface area contributed by atoms with Gasteiger partial charge in [-0.15, -0.1) is 0 Å². The van der Waals surface area contributed by atoms with Crippen LogP contribution in [0.5, 0.6) is 0 Å². The van der Waals surface area contributed by atoms with E-state index in [2.05, 4.69) is 5.32 Å². The molecule has 0 aliphatic rings. The molecule has 0 fully saturated rings. The van der Waals surface area contributed by atoms with Gasteiger partial charge in [0.15, 0.2) is 0 Å². The maximum absolute atomic E-state index is 13.9. The molecule has 2 rings (SSSR count). The lowest BCUT2D eigenvalue weighted by atomic mass is 10.1. The molecule has 1 N–H and O–H groups in total. The van der Waals surface area contributed by atoms with Crippen molar-refractivity contribution in [2.75, 3.05) is 17.1 Å². The Balaban J connectivity index is 2.19. The van der Waals surface area contributed by atoms with E-state index in [1.807, 2.05) is 30.3 Å². The van der Waals surface area contributed by atoms with Gasteiger partial charge in [-0.1, -0.05) is 30.3 Å². The summed E-state index contributed by atoms with van der Waals surface area (Å²) in [5.41, 5.74) is 0.459. The van der Waals surface area contributed by atoms with Crippen molar-refractivity contribution >= 4 is 21.6 Å². The maximum atomic E-state index is 13.9. The minimum absolute atomic E-state index is 0.354. The Morgan fingerprint density at radius 1 is 1.16 bits per heavy atom. The van der Waals surface area contributed by atoms with Gasteiger partial charge in [0.25, 0.3) is 0 Å². The largest absolute Gasteiger partial charge is 0.348 e. The van der Waals surface area contributed by atoms with Crippen molar-refractivity contribution in [3.8, 4) is 0 Å². The number of nitrogens with one attached hydrogen (secondary N) is 1. The van der Waals surface area contributed by atoms with Crippen molar-refractivity contribution in [2.24, 2.45) is 0 Å². The molecule has 0 saturated heterocycles. The summed E-state index contributed by atoms with van der Waals surface area (Å²) in [6.45, 7) is 1.13. The number of anilines is 1. The van der Waals surface area contributed by atoms with Crippen LogP contribution >= 0.6 is 0 Å². The van der Waals surface area contributed by atoms with Crippen LogP contribution in [0.25, 0.3) is 0 Å². The summed E-state index contributed by atoms with van der Waals surface area (Å²) in [5, 5.41) is 2.66. The lowest BCUT2D eigenvalue weighted by Crippen LogP contribution is -2.41. The van der Waals surface area contributed by atoms with Crippen LogP contribution in [0.3, 0.4) is 0 Å². The molecule has 1 unspecified atom stereocenters. The third-order valence-corrected chi connectivity index (χ3v) is 4.67. The number of benzene rings is 2. The summed E-state index contributed by atoms with van der Waals surface area (Å²) >= 11 is 0. The van der Waals surface area contributed by atoms with E-state index >= 15 is 0 Å². The van der Waals surface area contributed by atoms with Crippen molar-refractivity contribution in [2.45, 2.75) is 13.0 Å². The van der Waals surface area contributed by atoms with Crippen molar-refractivity contribution in [3.63, 3.8) is 0 Å². The standard InChI is InChI=1S/C17H18F2N2O3S/c1-12(13-6-4-3-5-7-13)20-17(22)11-21(25(2,23)24)16-9-8-14(18)10-15(16)19/h3-10,12H,11H2,1-2H3,(H,20,22). The average molecular weight is 368 g/mol. The van der Waals surface area contributed by atoms with E-state index in [4.69, 9.17) is 0 Å². The maximum Gasteiger partial charge on any atom is 0.241 e. The number of rotatable bonds is 6. The number of carbonyl (C=O) groups is 1. The molecule has 25 heavy (non-hydrogen) atoms. The van der Waals surface area contributed by atoms with E-state index in [9.17, 15) is 22.0 Å². The zero-order chi connectivity index (χ0) is 18.6. The highest BCUT2D eigenvalue weighted by Crippen LogP contribution is 2.22. The molecule has 0 spiro atoms. The molecule has 0 heterocycles. The molecule has 134 valence electrons. The first-order valence-corrected chi connectivity index (χ1v) is 9.30. The second-order valence-corrected chi connectivity index (χ2v) is 7.47. The van der Waals surface area contributed by atoms with Crippen LogP contribution in [-0.2, 0) is 14.8 Å². The van der Waals surface area contributed by atoms with E-state index in [-0.39, 0.29) is 11.7 Å². The molecular formula is C17H18F2N2O3S. The fourth-order valence-electron chi connectivity index (χ4n) is 2.31.